The van der Waals surface area contributed by atoms with Crippen molar-refractivity contribution in [2.75, 3.05) is 0 Å². The Morgan fingerprint density at radius 3 is 2.33 bits per heavy atom. The van der Waals surface area contributed by atoms with Gasteiger partial charge in [-0.05, 0) is 12.1 Å². The van der Waals surface area contributed by atoms with Gasteiger partial charge in [-0.1, -0.05) is 50.1 Å². The van der Waals surface area contributed by atoms with E-state index in [1.165, 1.54) is 0 Å². The van der Waals surface area contributed by atoms with E-state index in [2.05, 4.69) is 36.8 Å². The first-order valence-corrected chi connectivity index (χ1v) is 6.75. The second-order valence-corrected chi connectivity index (χ2v) is 4.14. The van der Waals surface area contributed by atoms with E-state index in [0.717, 1.165) is 17.0 Å². The van der Waals surface area contributed by atoms with Gasteiger partial charge in [-0.2, -0.15) is 0 Å². The number of benzene rings is 1. The lowest BCUT2D eigenvalue weighted by molar-refractivity contribution is 0.538. The summed E-state index contributed by atoms with van der Waals surface area (Å²) < 4.78 is 5.65. The molecule has 4 heteroatoms. The summed E-state index contributed by atoms with van der Waals surface area (Å²) in [6, 6.07) is 9.90. The molecule has 1 heterocycles. The third-order valence-electron chi connectivity index (χ3n) is 2.05. The highest BCUT2D eigenvalue weighted by molar-refractivity contribution is 9.09. The molecule has 2 nitrogen and oxygen atoms in total. The standard InChI is InChI=1S/C11H9Br2NO/c12-6-9-10(7-13)15-11(14-9)8-4-2-1-3-5-8/h1-5H,6-7H2. The van der Waals surface area contributed by atoms with E-state index in [9.17, 15) is 0 Å². The quantitative estimate of drug-likeness (QED) is 0.791. The number of aromatic nitrogens is 1. The first-order valence-electron chi connectivity index (χ1n) is 4.51. The topological polar surface area (TPSA) is 26.0 Å². The Hall–Kier alpha value is -0.610. The Bertz CT molecular complexity index is 418. The Kier molecular flexibility index (Phi) is 3.59. The van der Waals surface area contributed by atoms with Crippen molar-refractivity contribution in [1.29, 1.82) is 0 Å². The summed E-state index contributed by atoms with van der Waals surface area (Å²) in [5.74, 6) is 1.56. The van der Waals surface area contributed by atoms with Gasteiger partial charge in [0.05, 0.1) is 11.0 Å². The van der Waals surface area contributed by atoms with Gasteiger partial charge >= 0.3 is 0 Å². The van der Waals surface area contributed by atoms with E-state index < -0.39 is 0 Å². The molecule has 0 amide bonds. The molecule has 0 aliphatic heterocycles. The first kappa shape index (κ1) is 10.9. The van der Waals surface area contributed by atoms with Gasteiger partial charge in [-0.25, -0.2) is 4.98 Å². The zero-order valence-electron chi connectivity index (χ0n) is 7.91. The third-order valence-corrected chi connectivity index (χ3v) is 3.09. The van der Waals surface area contributed by atoms with Crippen LogP contribution in [0, 0.1) is 0 Å². The van der Waals surface area contributed by atoms with Crippen molar-refractivity contribution < 1.29 is 4.42 Å². The summed E-state index contributed by atoms with van der Waals surface area (Å²) in [6.45, 7) is 0. The lowest BCUT2D eigenvalue weighted by Crippen LogP contribution is -1.82. The van der Waals surface area contributed by atoms with Crippen LogP contribution < -0.4 is 0 Å². The molecule has 0 bridgehead atoms. The summed E-state index contributed by atoms with van der Waals surface area (Å²) in [7, 11) is 0. The highest BCUT2D eigenvalue weighted by Crippen LogP contribution is 2.24. The molecule has 1 aromatic heterocycles. The van der Waals surface area contributed by atoms with Crippen LogP contribution in [0.15, 0.2) is 34.7 Å². The van der Waals surface area contributed by atoms with Gasteiger partial charge in [0.25, 0.3) is 0 Å². The van der Waals surface area contributed by atoms with Crippen LogP contribution in [0.25, 0.3) is 11.5 Å². The lowest BCUT2D eigenvalue weighted by atomic mass is 10.2. The smallest absolute Gasteiger partial charge is 0.226 e. The van der Waals surface area contributed by atoms with Crippen molar-refractivity contribution in [3.05, 3.63) is 41.8 Å². The largest absolute Gasteiger partial charge is 0.440 e. The van der Waals surface area contributed by atoms with Gasteiger partial charge in [0.15, 0.2) is 0 Å². The van der Waals surface area contributed by atoms with Crippen molar-refractivity contribution in [3.63, 3.8) is 0 Å². The van der Waals surface area contributed by atoms with Crippen molar-refractivity contribution in [2.24, 2.45) is 0 Å². The summed E-state index contributed by atoms with van der Waals surface area (Å²) >= 11 is 6.77. The van der Waals surface area contributed by atoms with Gasteiger partial charge in [0.2, 0.25) is 5.89 Å². The normalized spacial score (nSPS) is 10.5. The number of hydrogen-bond donors (Lipinski definition) is 0. The minimum absolute atomic E-state index is 0.680. The Balaban J connectivity index is 2.42. The Morgan fingerprint density at radius 2 is 1.80 bits per heavy atom. The van der Waals surface area contributed by atoms with Crippen LogP contribution in [-0.4, -0.2) is 4.98 Å². The van der Waals surface area contributed by atoms with E-state index in [-0.39, 0.29) is 0 Å². The molecule has 2 aromatic rings. The van der Waals surface area contributed by atoms with Crippen molar-refractivity contribution in [2.45, 2.75) is 10.7 Å². The van der Waals surface area contributed by atoms with Gasteiger partial charge in [0, 0.05) is 10.9 Å². The predicted molar refractivity (Wildman–Crippen MR) is 67.2 cm³/mol. The SMILES string of the molecule is BrCc1nc(-c2ccccc2)oc1CBr. The number of nitrogens with zero attached hydrogens (tertiary/aromatic N) is 1. The highest BCUT2D eigenvalue weighted by atomic mass is 79.9. The molecule has 0 N–H and O–H groups in total. The summed E-state index contributed by atoms with van der Waals surface area (Å²) in [4.78, 5) is 4.43. The van der Waals surface area contributed by atoms with E-state index in [1.54, 1.807) is 0 Å². The third kappa shape index (κ3) is 2.32. The van der Waals surface area contributed by atoms with Gasteiger partial charge in [-0.3, -0.25) is 0 Å². The molecule has 2 rings (SSSR count). The Morgan fingerprint density at radius 1 is 1.07 bits per heavy atom. The molecule has 1 aromatic carbocycles. The molecule has 0 aliphatic carbocycles. The number of alkyl halides is 2. The Labute approximate surface area is 105 Å². The first-order chi connectivity index (χ1) is 7.35. The molecule has 15 heavy (non-hydrogen) atoms. The average molecular weight is 331 g/mol. The molecule has 0 radical (unpaired) electrons. The molecule has 0 unspecified atom stereocenters. The zero-order chi connectivity index (χ0) is 10.7. The number of oxazole rings is 1. The minimum Gasteiger partial charge on any atom is -0.440 e. The van der Waals surface area contributed by atoms with Crippen molar-refractivity contribution in [3.8, 4) is 11.5 Å². The second kappa shape index (κ2) is 4.94. The molecule has 0 saturated heterocycles. The fourth-order valence-corrected chi connectivity index (χ4v) is 2.17. The van der Waals surface area contributed by atoms with Crippen LogP contribution in [0.4, 0.5) is 0 Å². The van der Waals surface area contributed by atoms with Crippen LogP contribution in [0.1, 0.15) is 11.5 Å². The van der Waals surface area contributed by atoms with E-state index in [1.807, 2.05) is 30.3 Å². The predicted octanol–water partition coefficient (Wildman–Crippen LogP) is 4.13. The maximum absolute atomic E-state index is 5.65. The van der Waals surface area contributed by atoms with E-state index >= 15 is 0 Å². The van der Waals surface area contributed by atoms with Gasteiger partial charge in [0.1, 0.15) is 5.76 Å². The fraction of sp³-hybridized carbons (Fsp3) is 0.182. The number of halogens is 2. The average Bonchev–Trinajstić information content (AvgIpc) is 2.73. The van der Waals surface area contributed by atoms with Crippen LogP contribution in [-0.2, 0) is 10.7 Å². The molecule has 0 aliphatic rings. The van der Waals surface area contributed by atoms with Crippen LogP contribution in [0.2, 0.25) is 0 Å². The second-order valence-electron chi connectivity index (χ2n) is 3.02. The molecule has 0 atom stereocenters. The van der Waals surface area contributed by atoms with E-state index in [4.69, 9.17) is 4.42 Å². The van der Waals surface area contributed by atoms with Crippen molar-refractivity contribution in [1.82, 2.24) is 4.98 Å². The molecule has 78 valence electrons. The van der Waals surface area contributed by atoms with Crippen LogP contribution in [0.5, 0.6) is 0 Å². The molecule has 0 fully saturated rings. The van der Waals surface area contributed by atoms with Gasteiger partial charge in [-0.15, -0.1) is 0 Å². The summed E-state index contributed by atoms with van der Waals surface area (Å²) in [5, 5.41) is 1.40. The van der Waals surface area contributed by atoms with Crippen molar-refractivity contribution >= 4 is 31.9 Å². The fourth-order valence-electron chi connectivity index (χ4n) is 1.30. The molecular weight excluding hydrogens is 322 g/mol. The molecule has 0 spiro atoms. The van der Waals surface area contributed by atoms with Crippen LogP contribution in [0.3, 0.4) is 0 Å². The van der Waals surface area contributed by atoms with Gasteiger partial charge < -0.3 is 4.42 Å². The number of hydrogen-bond acceptors (Lipinski definition) is 2. The maximum atomic E-state index is 5.65. The van der Waals surface area contributed by atoms with E-state index in [0.29, 0.717) is 16.6 Å². The molecular formula is C11H9Br2NO. The highest BCUT2D eigenvalue weighted by Gasteiger charge is 2.11. The van der Waals surface area contributed by atoms with Crippen LogP contribution >= 0.6 is 31.9 Å². The number of rotatable bonds is 3. The summed E-state index contributed by atoms with van der Waals surface area (Å²) in [5.41, 5.74) is 1.96. The molecule has 0 saturated carbocycles. The zero-order valence-corrected chi connectivity index (χ0v) is 11.1. The maximum Gasteiger partial charge on any atom is 0.226 e. The lowest BCUT2D eigenvalue weighted by Gasteiger charge is -1.92. The minimum atomic E-state index is 0.680. The monoisotopic (exact) mass is 329 g/mol. The summed E-state index contributed by atoms with van der Waals surface area (Å²) in [6.07, 6.45) is 0.